The molecule has 1 saturated heterocycles. The Kier molecular flexibility index (Phi) is 33.9. The second-order valence-electron chi connectivity index (χ2n) is 24.7. The van der Waals surface area contributed by atoms with Crippen molar-refractivity contribution in [3.05, 3.63) is 0 Å². The lowest BCUT2D eigenvalue weighted by Gasteiger charge is -2.32. The minimum atomic E-state index is -1.32. The smallest absolute Gasteiger partial charge is 0.327 e. The lowest BCUT2D eigenvalue weighted by molar-refractivity contribution is -0.143. The highest BCUT2D eigenvalue weighted by Crippen LogP contribution is 2.22. The van der Waals surface area contributed by atoms with E-state index in [1.54, 1.807) is 27.7 Å². The van der Waals surface area contributed by atoms with E-state index < -0.39 is 167 Å². The van der Waals surface area contributed by atoms with Crippen LogP contribution >= 0.6 is 25.3 Å². The number of amides is 12. The average molecular weight is 1260 g/mol. The zero-order valence-electron chi connectivity index (χ0n) is 53.0. The van der Waals surface area contributed by atoms with Gasteiger partial charge in [-0.1, -0.05) is 83.1 Å². The number of likely N-dealkylation sites (tertiary alicyclic amines) is 1. The van der Waals surface area contributed by atoms with Crippen molar-refractivity contribution >= 4 is 102 Å². The van der Waals surface area contributed by atoms with Crippen LogP contribution in [0, 0.1) is 35.5 Å². The number of carboxylic acids is 1. The molecule has 13 atom stereocenters. The van der Waals surface area contributed by atoms with Gasteiger partial charge in [0.05, 0.1) is 6.04 Å². The number of carbonyl (C=O) groups is 13. The Bertz CT molecular complexity index is 2360. The molecule has 0 saturated carbocycles. The molecular weight excluding hydrogens is 1150 g/mol. The van der Waals surface area contributed by atoms with E-state index in [0.717, 1.165) is 0 Å². The predicted octanol–water partition coefficient (Wildman–Crippen LogP) is -0.842. The lowest BCUT2D eigenvalue weighted by Crippen LogP contribution is -2.61. The normalized spacial score (nSPS) is 17.5. The summed E-state index contributed by atoms with van der Waals surface area (Å²) >= 11 is 7.91. The Morgan fingerprint density at radius 2 is 0.721 bits per heavy atom. The third-order valence-electron chi connectivity index (χ3n) is 14.0. The van der Waals surface area contributed by atoms with Gasteiger partial charge < -0.3 is 74.2 Å². The molecule has 0 radical (unpaired) electrons. The highest BCUT2D eigenvalue weighted by molar-refractivity contribution is 7.80. The van der Waals surface area contributed by atoms with Crippen molar-refractivity contribution in [1.29, 1.82) is 0 Å². The number of thiol groups is 2. The Morgan fingerprint density at radius 1 is 0.407 bits per heavy atom. The summed E-state index contributed by atoms with van der Waals surface area (Å²) in [5.74, 6) is -11.4. The molecule has 14 N–H and O–H groups in total. The van der Waals surface area contributed by atoms with Crippen LogP contribution in [0.4, 0.5) is 0 Å². The van der Waals surface area contributed by atoms with Crippen molar-refractivity contribution in [2.75, 3.05) is 18.1 Å². The third-order valence-corrected chi connectivity index (χ3v) is 14.8. The lowest BCUT2D eigenvalue weighted by atomic mass is 9.97. The highest BCUT2D eigenvalue weighted by Gasteiger charge is 2.42. The zero-order valence-corrected chi connectivity index (χ0v) is 54.8. The maximum Gasteiger partial charge on any atom is 0.327 e. The van der Waals surface area contributed by atoms with E-state index in [4.69, 9.17) is 5.73 Å². The van der Waals surface area contributed by atoms with Crippen LogP contribution in [-0.4, -0.2) is 183 Å². The van der Waals surface area contributed by atoms with Gasteiger partial charge in [-0.05, 0) is 102 Å². The Balaban J connectivity index is 3.32. The molecule has 29 heteroatoms. The Labute approximate surface area is 518 Å². The quantitative estimate of drug-likeness (QED) is 0.0340. The molecule has 1 aliphatic heterocycles. The summed E-state index contributed by atoms with van der Waals surface area (Å²) < 4.78 is 0. The fraction of sp³-hybridized carbons (Fsp3) is 0.772. The molecule has 0 aromatic heterocycles. The highest BCUT2D eigenvalue weighted by atomic mass is 32.1. The van der Waals surface area contributed by atoms with Crippen LogP contribution in [-0.2, 0) is 62.3 Å². The van der Waals surface area contributed by atoms with Gasteiger partial charge in [0, 0.05) is 18.1 Å². The molecule has 12 amide bonds. The van der Waals surface area contributed by atoms with Gasteiger partial charge in [-0.15, -0.1) is 0 Å². The average Bonchev–Trinajstić information content (AvgIpc) is 3.85. The number of carbonyl (C=O) groups excluding carboxylic acids is 12. The van der Waals surface area contributed by atoms with Crippen molar-refractivity contribution in [1.82, 2.24) is 63.4 Å². The van der Waals surface area contributed by atoms with E-state index in [9.17, 15) is 67.4 Å². The molecule has 0 spiro atoms. The Morgan fingerprint density at radius 3 is 1.09 bits per heavy atom. The molecule has 1 rings (SSSR count). The molecule has 1 fully saturated rings. The summed E-state index contributed by atoms with van der Waals surface area (Å²) in [7, 11) is 0. The van der Waals surface area contributed by atoms with Crippen LogP contribution in [0.25, 0.3) is 0 Å². The summed E-state index contributed by atoms with van der Waals surface area (Å²) in [6.45, 7) is 27.0. The van der Waals surface area contributed by atoms with Crippen LogP contribution in [0.1, 0.15) is 149 Å². The summed E-state index contributed by atoms with van der Waals surface area (Å²) in [4.78, 5) is 176. The van der Waals surface area contributed by atoms with Gasteiger partial charge in [0.1, 0.15) is 72.5 Å². The molecule has 0 aliphatic carbocycles. The first-order valence-corrected chi connectivity index (χ1v) is 31.0. The van der Waals surface area contributed by atoms with Crippen molar-refractivity contribution in [3.63, 3.8) is 0 Å². The molecule has 0 bridgehead atoms. The molecule has 1 heterocycles. The fourth-order valence-electron chi connectivity index (χ4n) is 9.11. The number of nitrogens with zero attached hydrogens (tertiary/aromatic N) is 1. The van der Waals surface area contributed by atoms with E-state index in [2.05, 4.69) is 83.7 Å². The predicted molar refractivity (Wildman–Crippen MR) is 329 cm³/mol. The minimum Gasteiger partial charge on any atom is -0.480 e. The van der Waals surface area contributed by atoms with Crippen LogP contribution in [0.2, 0.25) is 0 Å². The molecule has 86 heavy (non-hydrogen) atoms. The molecule has 1 aliphatic rings. The molecule has 490 valence electrons. The van der Waals surface area contributed by atoms with Crippen molar-refractivity contribution < 1.29 is 67.4 Å². The van der Waals surface area contributed by atoms with E-state index >= 15 is 0 Å². The SMILES string of the molecule is CC(C)C[C@H](NC(=O)[C@H](CC(C)C)NC(=O)[C@@H](NC(=O)[C@@H]1CCCN1C(=O)[C@H](CC(C)C)NC(=O)[C@H](CC(C)C)NC(=O)[C@@H](NC(=O)[C@H](C)NC(=O)[C@H](C)NC(=O)[C@@H](N)CS)C(C)C)C(C)C)C(=O)N[C@@H](C)C(=O)N[C@@H](C)C(=O)N[C@@H](CS)C(=O)O. The summed E-state index contributed by atoms with van der Waals surface area (Å²) in [6, 6.07) is -15.1. The standard InChI is InChI=1S/C57H101N13O14S2/c1-26(2)20-37(50(76)62-33(14)46(72)59-34(15)47(73)67-41(25-86)57(83)84)63-51(77)38(21-27(3)4)64-55(81)44(31(11)12)69-53(79)42-18-17-19-70(42)56(82)40(23-29(7)8)66-52(78)39(22-28(5)6)65-54(80)43(30(9)10)68-48(74)35(16)60-45(71)32(13)61-49(75)36(58)24-85/h26-44,85-86H,17-25,58H2,1-16H3,(H,59,72)(H,60,71)(H,61,75)(H,62,76)(H,63,77)(H,64,81)(H,65,80)(H,66,78)(H,67,73)(H,68,74)(H,69,79)(H,83,84)/t32-,33-,34-,35-,36-,37-,38-,39-,40-,41-,42-,43-,44-/m0/s1. The fourth-order valence-corrected chi connectivity index (χ4v) is 9.52. The second kappa shape index (κ2) is 37.5. The summed E-state index contributed by atoms with van der Waals surface area (Å²) in [6.07, 6.45) is 1.15. The van der Waals surface area contributed by atoms with Crippen molar-refractivity contribution in [2.45, 2.75) is 228 Å². The monoisotopic (exact) mass is 1260 g/mol. The van der Waals surface area contributed by atoms with Crippen molar-refractivity contribution in [2.24, 2.45) is 41.2 Å². The van der Waals surface area contributed by atoms with Gasteiger partial charge in [-0.25, -0.2) is 4.79 Å². The number of nitrogens with one attached hydrogen (secondary N) is 11. The number of carboxylic acid groups (broad SMARTS) is 1. The van der Waals surface area contributed by atoms with Gasteiger partial charge >= 0.3 is 5.97 Å². The maximum absolute atomic E-state index is 14.6. The first-order chi connectivity index (χ1) is 39.9. The first kappa shape index (κ1) is 77.8. The van der Waals surface area contributed by atoms with Crippen LogP contribution in [0.5, 0.6) is 0 Å². The van der Waals surface area contributed by atoms with Gasteiger partial charge in [0.25, 0.3) is 0 Å². The molecule has 27 nitrogen and oxygen atoms in total. The molecule has 0 aromatic carbocycles. The minimum absolute atomic E-state index is 0.0433. The van der Waals surface area contributed by atoms with E-state index in [0.29, 0.717) is 6.42 Å². The molecule has 0 aromatic rings. The van der Waals surface area contributed by atoms with Crippen LogP contribution in [0.3, 0.4) is 0 Å². The molecule has 0 unspecified atom stereocenters. The first-order valence-electron chi connectivity index (χ1n) is 29.7. The van der Waals surface area contributed by atoms with Crippen LogP contribution < -0.4 is 64.2 Å². The number of rotatable bonds is 36. The third kappa shape index (κ3) is 26.4. The number of hydrogen-bond acceptors (Lipinski definition) is 16. The van der Waals surface area contributed by atoms with E-state index in [-0.39, 0.29) is 73.8 Å². The number of hydrogen-bond donors (Lipinski definition) is 15. The maximum atomic E-state index is 14.6. The second-order valence-corrected chi connectivity index (χ2v) is 25.4. The van der Waals surface area contributed by atoms with E-state index in [1.165, 1.54) is 32.6 Å². The van der Waals surface area contributed by atoms with Gasteiger partial charge in [-0.2, -0.15) is 25.3 Å². The van der Waals surface area contributed by atoms with Gasteiger partial charge in [0.15, 0.2) is 0 Å². The summed E-state index contributed by atoms with van der Waals surface area (Å²) in [5, 5.41) is 38.0. The summed E-state index contributed by atoms with van der Waals surface area (Å²) in [5.41, 5.74) is 5.69. The topological polar surface area (TPSA) is 404 Å². The zero-order chi connectivity index (χ0) is 66.2. The van der Waals surface area contributed by atoms with Gasteiger partial charge in [-0.3, -0.25) is 57.5 Å². The number of aliphatic carboxylic acids is 1. The largest absolute Gasteiger partial charge is 0.480 e. The van der Waals surface area contributed by atoms with Crippen molar-refractivity contribution in [3.8, 4) is 0 Å². The Hall–Kier alpha value is -6.23. The van der Waals surface area contributed by atoms with Crippen LogP contribution in [0.15, 0.2) is 0 Å². The molecular formula is C57H101N13O14S2. The van der Waals surface area contributed by atoms with E-state index in [1.807, 2.05) is 55.4 Å². The van der Waals surface area contributed by atoms with Gasteiger partial charge in [0.2, 0.25) is 70.9 Å². The number of nitrogens with two attached hydrogens (primary N) is 1.